The minimum atomic E-state index is 0. The van der Waals surface area contributed by atoms with Crippen LogP contribution in [0.25, 0.3) is 0 Å². The second-order valence-corrected chi connectivity index (χ2v) is 6.12. The monoisotopic (exact) mass is 308 g/mol. The van der Waals surface area contributed by atoms with E-state index in [0.29, 0.717) is 12.3 Å². The van der Waals surface area contributed by atoms with Gasteiger partial charge in [0.15, 0.2) is 0 Å². The molecule has 2 aliphatic rings. The third kappa shape index (κ3) is 4.21. The van der Waals surface area contributed by atoms with Gasteiger partial charge in [0.25, 0.3) is 0 Å². The van der Waals surface area contributed by atoms with Gasteiger partial charge in [0.05, 0.1) is 0 Å². The molecule has 4 heteroatoms. The number of halogens is 1. The quantitative estimate of drug-likeness (QED) is 0.930. The van der Waals surface area contributed by atoms with Gasteiger partial charge in [0.2, 0.25) is 5.91 Å². The largest absolute Gasteiger partial charge is 0.343 e. The van der Waals surface area contributed by atoms with E-state index < -0.39 is 0 Å². The number of likely N-dealkylation sites (tertiary alicyclic amines) is 1. The summed E-state index contributed by atoms with van der Waals surface area (Å²) in [4.78, 5) is 14.5. The number of nitrogens with zero attached hydrogens (tertiary/aromatic N) is 1. The highest BCUT2D eigenvalue weighted by Gasteiger charge is 2.31. The number of fused-ring (bicyclic) bond motifs is 1. The van der Waals surface area contributed by atoms with E-state index in [1.54, 1.807) is 0 Å². The Morgan fingerprint density at radius 2 is 1.71 bits per heavy atom. The molecule has 3 nitrogen and oxygen atoms in total. The molecular formula is C17H25ClN2O. The number of carbonyl (C=O) groups is 1. The topological polar surface area (TPSA) is 32.3 Å². The van der Waals surface area contributed by atoms with Gasteiger partial charge in [0, 0.05) is 19.5 Å². The minimum Gasteiger partial charge on any atom is -0.343 e. The summed E-state index contributed by atoms with van der Waals surface area (Å²) in [7, 11) is 0. The lowest BCUT2D eigenvalue weighted by atomic mass is 9.92. The summed E-state index contributed by atoms with van der Waals surface area (Å²) < 4.78 is 0. The molecule has 2 heterocycles. The maximum Gasteiger partial charge on any atom is 0.222 e. The first-order chi connectivity index (χ1) is 9.83. The molecule has 0 aliphatic carbocycles. The van der Waals surface area contributed by atoms with Crippen LogP contribution in [0.4, 0.5) is 0 Å². The minimum absolute atomic E-state index is 0. The third-order valence-corrected chi connectivity index (χ3v) is 4.84. The van der Waals surface area contributed by atoms with E-state index in [4.69, 9.17) is 0 Å². The molecule has 1 aromatic carbocycles. The number of aryl methyl sites for hydroxylation is 1. The van der Waals surface area contributed by atoms with Gasteiger partial charge >= 0.3 is 0 Å². The van der Waals surface area contributed by atoms with Crippen LogP contribution in [0.2, 0.25) is 0 Å². The Bertz CT molecular complexity index is 437. The Hall–Kier alpha value is -1.06. The Morgan fingerprint density at radius 3 is 2.33 bits per heavy atom. The van der Waals surface area contributed by atoms with Crippen molar-refractivity contribution in [2.45, 2.75) is 25.7 Å². The molecule has 0 aromatic heterocycles. The van der Waals surface area contributed by atoms with E-state index in [0.717, 1.165) is 44.4 Å². The maximum atomic E-state index is 12.4. The van der Waals surface area contributed by atoms with Crippen molar-refractivity contribution in [3.05, 3.63) is 35.9 Å². The Labute approximate surface area is 133 Å². The van der Waals surface area contributed by atoms with E-state index in [2.05, 4.69) is 22.3 Å². The first kappa shape index (κ1) is 16.3. The van der Waals surface area contributed by atoms with E-state index in [-0.39, 0.29) is 12.4 Å². The van der Waals surface area contributed by atoms with Crippen LogP contribution in [-0.4, -0.2) is 37.0 Å². The molecule has 116 valence electrons. The van der Waals surface area contributed by atoms with Gasteiger partial charge < -0.3 is 10.2 Å². The molecule has 1 aromatic rings. The van der Waals surface area contributed by atoms with Crippen LogP contribution < -0.4 is 5.32 Å². The average molecular weight is 309 g/mol. The maximum absolute atomic E-state index is 12.4. The van der Waals surface area contributed by atoms with Crippen LogP contribution in [0.5, 0.6) is 0 Å². The van der Waals surface area contributed by atoms with Gasteiger partial charge in [0.1, 0.15) is 0 Å². The van der Waals surface area contributed by atoms with Gasteiger partial charge in [-0.3, -0.25) is 4.79 Å². The van der Waals surface area contributed by atoms with Gasteiger partial charge in [-0.25, -0.2) is 0 Å². The number of nitrogens with one attached hydrogen (secondary N) is 1. The van der Waals surface area contributed by atoms with Crippen molar-refractivity contribution in [2.75, 3.05) is 26.2 Å². The summed E-state index contributed by atoms with van der Waals surface area (Å²) >= 11 is 0. The lowest BCUT2D eigenvalue weighted by Gasteiger charge is -2.21. The molecular weight excluding hydrogens is 284 g/mol. The molecule has 2 saturated heterocycles. The molecule has 0 saturated carbocycles. The SMILES string of the molecule is Cl.O=C(CCc1ccccc1)N1CC[C@@H]2CNC[C@@H]2CC1. The predicted octanol–water partition coefficient (Wildman–Crippen LogP) is 2.50. The highest BCUT2D eigenvalue weighted by Crippen LogP contribution is 2.27. The van der Waals surface area contributed by atoms with E-state index in [9.17, 15) is 4.79 Å². The zero-order chi connectivity index (χ0) is 13.8. The molecule has 3 rings (SSSR count). The van der Waals surface area contributed by atoms with E-state index in [1.165, 1.54) is 18.4 Å². The van der Waals surface area contributed by atoms with Crippen molar-refractivity contribution in [3.63, 3.8) is 0 Å². The van der Waals surface area contributed by atoms with Crippen LogP contribution in [0.1, 0.15) is 24.8 Å². The third-order valence-electron chi connectivity index (χ3n) is 4.84. The molecule has 2 aliphatic heterocycles. The van der Waals surface area contributed by atoms with Crippen LogP contribution in [0.3, 0.4) is 0 Å². The van der Waals surface area contributed by atoms with Crippen LogP contribution >= 0.6 is 12.4 Å². The second kappa shape index (κ2) is 7.81. The fourth-order valence-electron chi connectivity index (χ4n) is 3.52. The Balaban J connectivity index is 0.00000161. The van der Waals surface area contributed by atoms with Crippen LogP contribution in [-0.2, 0) is 11.2 Å². The second-order valence-electron chi connectivity index (χ2n) is 6.12. The zero-order valence-electron chi connectivity index (χ0n) is 12.5. The van der Waals surface area contributed by atoms with Crippen molar-refractivity contribution < 1.29 is 4.79 Å². The van der Waals surface area contributed by atoms with Gasteiger partial charge in [-0.1, -0.05) is 30.3 Å². The van der Waals surface area contributed by atoms with Crippen LogP contribution in [0.15, 0.2) is 30.3 Å². The summed E-state index contributed by atoms with van der Waals surface area (Å²) in [5.74, 6) is 1.92. The van der Waals surface area contributed by atoms with E-state index in [1.807, 2.05) is 18.2 Å². The molecule has 2 atom stereocenters. The molecule has 21 heavy (non-hydrogen) atoms. The summed E-state index contributed by atoms with van der Waals surface area (Å²) in [6, 6.07) is 10.3. The zero-order valence-corrected chi connectivity index (χ0v) is 13.3. The first-order valence-electron chi connectivity index (χ1n) is 7.85. The number of carbonyl (C=O) groups excluding carboxylic acids is 1. The normalized spacial score (nSPS) is 24.9. The molecule has 0 radical (unpaired) electrons. The first-order valence-corrected chi connectivity index (χ1v) is 7.85. The lowest BCUT2D eigenvalue weighted by molar-refractivity contribution is -0.131. The van der Waals surface area contributed by atoms with Crippen molar-refractivity contribution in [1.82, 2.24) is 10.2 Å². The summed E-state index contributed by atoms with van der Waals surface area (Å²) in [6.07, 6.45) is 3.87. The fourth-order valence-corrected chi connectivity index (χ4v) is 3.52. The number of rotatable bonds is 3. The number of hydrogen-bond acceptors (Lipinski definition) is 2. The molecule has 0 unspecified atom stereocenters. The standard InChI is InChI=1S/C17H24N2O.ClH/c20-17(7-6-14-4-2-1-3-5-14)19-10-8-15-12-18-13-16(15)9-11-19;/h1-5,15-16,18H,6-13H2;1H/t15-,16+;. The number of amides is 1. The molecule has 2 fully saturated rings. The van der Waals surface area contributed by atoms with Gasteiger partial charge in [-0.15, -0.1) is 12.4 Å². The van der Waals surface area contributed by atoms with Gasteiger partial charge in [-0.2, -0.15) is 0 Å². The molecule has 0 spiro atoms. The van der Waals surface area contributed by atoms with Crippen molar-refractivity contribution in [2.24, 2.45) is 11.8 Å². The Kier molecular flexibility index (Phi) is 6.07. The summed E-state index contributed by atoms with van der Waals surface area (Å²) in [5, 5.41) is 3.48. The number of benzene rings is 1. The van der Waals surface area contributed by atoms with Crippen molar-refractivity contribution in [3.8, 4) is 0 Å². The highest BCUT2D eigenvalue weighted by atomic mass is 35.5. The molecule has 1 N–H and O–H groups in total. The van der Waals surface area contributed by atoms with Gasteiger partial charge in [-0.05, 0) is 49.8 Å². The fraction of sp³-hybridized carbons (Fsp3) is 0.588. The lowest BCUT2D eigenvalue weighted by Crippen LogP contribution is -2.32. The van der Waals surface area contributed by atoms with E-state index >= 15 is 0 Å². The smallest absolute Gasteiger partial charge is 0.222 e. The van der Waals surface area contributed by atoms with Crippen molar-refractivity contribution >= 4 is 18.3 Å². The summed E-state index contributed by atoms with van der Waals surface area (Å²) in [5.41, 5.74) is 1.26. The average Bonchev–Trinajstić information content (AvgIpc) is 2.84. The van der Waals surface area contributed by atoms with Crippen molar-refractivity contribution in [1.29, 1.82) is 0 Å². The molecule has 1 amide bonds. The molecule has 0 bridgehead atoms. The van der Waals surface area contributed by atoms with Crippen LogP contribution in [0, 0.1) is 11.8 Å². The highest BCUT2D eigenvalue weighted by molar-refractivity contribution is 5.85. The predicted molar refractivity (Wildman–Crippen MR) is 87.7 cm³/mol. The number of hydrogen-bond donors (Lipinski definition) is 1. The summed E-state index contributed by atoms with van der Waals surface area (Å²) in [6.45, 7) is 4.21. The Morgan fingerprint density at radius 1 is 1.10 bits per heavy atom.